The number of aromatic nitrogens is 1. The number of hydrogen-bond donors (Lipinski definition) is 2. The molecule has 5 nitrogen and oxygen atoms in total. The number of nitrogens with one attached hydrogen (secondary N) is 1. The minimum Gasteiger partial charge on any atom is -0.338 e. The summed E-state index contributed by atoms with van der Waals surface area (Å²) in [5.41, 5.74) is 5.97. The number of nitrogens with two attached hydrogens (primary N) is 1. The van der Waals surface area contributed by atoms with Crippen LogP contribution >= 0.6 is 0 Å². The summed E-state index contributed by atoms with van der Waals surface area (Å²) in [4.78, 5) is 27.4. The molecule has 1 atom stereocenters. The molecule has 1 saturated heterocycles. The highest BCUT2D eigenvalue weighted by Crippen LogP contribution is 2.17. The van der Waals surface area contributed by atoms with Gasteiger partial charge >= 0.3 is 0 Å². The van der Waals surface area contributed by atoms with Gasteiger partial charge in [-0.05, 0) is 31.4 Å². The molecule has 0 saturated carbocycles. The van der Waals surface area contributed by atoms with Crippen LogP contribution in [0.2, 0.25) is 0 Å². The summed E-state index contributed by atoms with van der Waals surface area (Å²) in [6.07, 6.45) is 3.56. The summed E-state index contributed by atoms with van der Waals surface area (Å²) in [6, 6.07) is 2.94. The zero-order valence-corrected chi connectivity index (χ0v) is 9.69. The lowest BCUT2D eigenvalue weighted by molar-refractivity contribution is 0.0677. The molecule has 1 aliphatic heterocycles. The third kappa shape index (κ3) is 2.74. The molecule has 1 aromatic rings. The Hall–Kier alpha value is -1.62. The summed E-state index contributed by atoms with van der Waals surface area (Å²) < 4.78 is 0. The SMILES string of the molecule is NCC1CCCN(C(=O)c2ccc(=O)[nH]c2)C1. The van der Waals surface area contributed by atoms with Crippen LogP contribution in [0.3, 0.4) is 0 Å². The van der Waals surface area contributed by atoms with Gasteiger partial charge in [-0.25, -0.2) is 0 Å². The molecule has 2 rings (SSSR count). The standard InChI is InChI=1S/C12H17N3O2/c13-6-9-2-1-5-15(8-9)12(17)10-3-4-11(16)14-7-10/h3-4,7,9H,1-2,5-6,8,13H2,(H,14,16). The van der Waals surface area contributed by atoms with E-state index < -0.39 is 0 Å². The number of carbonyl (C=O) groups excluding carboxylic acids is 1. The number of nitrogens with zero attached hydrogens (tertiary/aromatic N) is 1. The molecule has 1 amide bonds. The van der Waals surface area contributed by atoms with Crippen molar-refractivity contribution in [1.29, 1.82) is 0 Å². The molecule has 1 aromatic heterocycles. The lowest BCUT2D eigenvalue weighted by atomic mass is 9.98. The average Bonchev–Trinajstić information content (AvgIpc) is 2.39. The number of carbonyl (C=O) groups is 1. The topological polar surface area (TPSA) is 79.2 Å². The number of aromatic amines is 1. The van der Waals surface area contributed by atoms with Gasteiger partial charge in [0.1, 0.15) is 0 Å². The van der Waals surface area contributed by atoms with Gasteiger partial charge in [-0.1, -0.05) is 0 Å². The van der Waals surface area contributed by atoms with Crippen molar-refractivity contribution in [3.8, 4) is 0 Å². The van der Waals surface area contributed by atoms with Gasteiger partial charge in [-0.3, -0.25) is 9.59 Å². The molecule has 3 N–H and O–H groups in total. The highest BCUT2D eigenvalue weighted by atomic mass is 16.2. The van der Waals surface area contributed by atoms with Crippen molar-refractivity contribution in [2.24, 2.45) is 11.7 Å². The van der Waals surface area contributed by atoms with E-state index in [-0.39, 0.29) is 11.5 Å². The normalized spacial score (nSPS) is 20.3. The second-order valence-electron chi connectivity index (χ2n) is 4.44. The maximum atomic E-state index is 12.1. The Morgan fingerprint density at radius 1 is 1.53 bits per heavy atom. The molecule has 92 valence electrons. The number of piperidine rings is 1. The quantitative estimate of drug-likeness (QED) is 0.767. The number of likely N-dealkylation sites (tertiary alicyclic amines) is 1. The summed E-state index contributed by atoms with van der Waals surface area (Å²) in [5.74, 6) is 0.370. The molecular formula is C12H17N3O2. The smallest absolute Gasteiger partial charge is 0.255 e. The highest BCUT2D eigenvalue weighted by Gasteiger charge is 2.23. The molecule has 0 spiro atoms. The van der Waals surface area contributed by atoms with Gasteiger partial charge in [0.2, 0.25) is 5.56 Å². The van der Waals surface area contributed by atoms with Gasteiger partial charge in [0.15, 0.2) is 0 Å². The highest BCUT2D eigenvalue weighted by molar-refractivity contribution is 5.93. The lowest BCUT2D eigenvalue weighted by Gasteiger charge is -2.32. The van der Waals surface area contributed by atoms with E-state index >= 15 is 0 Å². The van der Waals surface area contributed by atoms with Crippen LogP contribution in [0.15, 0.2) is 23.1 Å². The number of hydrogen-bond acceptors (Lipinski definition) is 3. The molecule has 2 heterocycles. The largest absolute Gasteiger partial charge is 0.338 e. The van der Waals surface area contributed by atoms with Crippen molar-refractivity contribution in [2.45, 2.75) is 12.8 Å². The van der Waals surface area contributed by atoms with Crippen LogP contribution in [0.25, 0.3) is 0 Å². The van der Waals surface area contributed by atoms with E-state index in [1.54, 1.807) is 6.07 Å². The first-order valence-electron chi connectivity index (χ1n) is 5.89. The maximum absolute atomic E-state index is 12.1. The molecule has 1 fully saturated rings. The number of H-pyrrole nitrogens is 1. The summed E-state index contributed by atoms with van der Waals surface area (Å²) in [7, 11) is 0. The van der Waals surface area contributed by atoms with E-state index in [0.29, 0.717) is 24.6 Å². The fourth-order valence-electron chi connectivity index (χ4n) is 2.17. The maximum Gasteiger partial charge on any atom is 0.255 e. The summed E-state index contributed by atoms with van der Waals surface area (Å²) in [6.45, 7) is 2.11. The number of rotatable bonds is 2. The first-order valence-corrected chi connectivity index (χ1v) is 5.89. The zero-order chi connectivity index (χ0) is 12.3. The minimum absolute atomic E-state index is 0.0283. The Balaban J connectivity index is 2.09. The Morgan fingerprint density at radius 3 is 3.00 bits per heavy atom. The molecule has 17 heavy (non-hydrogen) atoms. The van der Waals surface area contributed by atoms with Gasteiger partial charge < -0.3 is 15.6 Å². The van der Waals surface area contributed by atoms with Crippen LogP contribution in [0, 0.1) is 5.92 Å². The Morgan fingerprint density at radius 2 is 2.35 bits per heavy atom. The fourth-order valence-corrected chi connectivity index (χ4v) is 2.17. The second-order valence-corrected chi connectivity index (χ2v) is 4.44. The van der Waals surface area contributed by atoms with Crippen LogP contribution in [-0.4, -0.2) is 35.4 Å². The van der Waals surface area contributed by atoms with Crippen molar-refractivity contribution in [1.82, 2.24) is 9.88 Å². The Kier molecular flexibility index (Phi) is 3.58. The number of pyridine rings is 1. The fraction of sp³-hybridized carbons (Fsp3) is 0.500. The van der Waals surface area contributed by atoms with E-state index in [9.17, 15) is 9.59 Å². The third-order valence-electron chi connectivity index (χ3n) is 3.17. The zero-order valence-electron chi connectivity index (χ0n) is 9.69. The predicted octanol–water partition coefficient (Wildman–Crippen LogP) is 0.186. The molecule has 0 radical (unpaired) electrons. The molecule has 1 aliphatic rings. The van der Waals surface area contributed by atoms with Crippen LogP contribution in [0.1, 0.15) is 23.2 Å². The van der Waals surface area contributed by atoms with E-state index in [4.69, 9.17) is 5.73 Å². The van der Waals surface area contributed by atoms with Gasteiger partial charge in [-0.2, -0.15) is 0 Å². The van der Waals surface area contributed by atoms with Crippen LogP contribution in [0.5, 0.6) is 0 Å². The van der Waals surface area contributed by atoms with Gasteiger partial charge in [0.25, 0.3) is 5.91 Å². The van der Waals surface area contributed by atoms with Crippen LogP contribution in [0.4, 0.5) is 0 Å². The lowest BCUT2D eigenvalue weighted by Crippen LogP contribution is -2.42. The van der Waals surface area contributed by atoms with Crippen molar-refractivity contribution < 1.29 is 4.79 Å². The van der Waals surface area contributed by atoms with Crippen LogP contribution < -0.4 is 11.3 Å². The summed E-state index contributed by atoms with van der Waals surface area (Å²) >= 11 is 0. The van der Waals surface area contributed by atoms with E-state index in [2.05, 4.69) is 4.98 Å². The van der Waals surface area contributed by atoms with Crippen molar-refractivity contribution in [3.63, 3.8) is 0 Å². The van der Waals surface area contributed by atoms with Crippen molar-refractivity contribution in [2.75, 3.05) is 19.6 Å². The van der Waals surface area contributed by atoms with E-state index in [1.165, 1.54) is 12.3 Å². The predicted molar refractivity (Wildman–Crippen MR) is 64.7 cm³/mol. The molecule has 1 unspecified atom stereocenters. The average molecular weight is 235 g/mol. The summed E-state index contributed by atoms with van der Waals surface area (Å²) in [5, 5.41) is 0. The van der Waals surface area contributed by atoms with Gasteiger partial charge in [0.05, 0.1) is 5.56 Å². The first kappa shape index (κ1) is 11.9. The molecule has 0 aliphatic carbocycles. The molecular weight excluding hydrogens is 218 g/mol. The van der Waals surface area contributed by atoms with Crippen molar-refractivity contribution in [3.05, 3.63) is 34.2 Å². The van der Waals surface area contributed by atoms with Crippen molar-refractivity contribution >= 4 is 5.91 Å². The van der Waals surface area contributed by atoms with Gasteiger partial charge in [-0.15, -0.1) is 0 Å². The Bertz CT molecular complexity index is 435. The second kappa shape index (κ2) is 5.14. The molecule has 0 aromatic carbocycles. The third-order valence-corrected chi connectivity index (χ3v) is 3.17. The molecule has 0 bridgehead atoms. The number of amides is 1. The Labute approximate surface area is 99.6 Å². The monoisotopic (exact) mass is 235 g/mol. The van der Waals surface area contributed by atoms with Crippen LogP contribution in [-0.2, 0) is 0 Å². The van der Waals surface area contributed by atoms with E-state index in [1.807, 2.05) is 4.90 Å². The minimum atomic E-state index is -0.194. The molecule has 5 heteroatoms. The van der Waals surface area contributed by atoms with E-state index in [0.717, 1.165) is 19.4 Å². The van der Waals surface area contributed by atoms with Gasteiger partial charge in [0, 0.05) is 25.4 Å². The first-order chi connectivity index (χ1) is 8.20.